The minimum Gasteiger partial charge on any atom is -0.445 e. The number of benzene rings is 3. The van der Waals surface area contributed by atoms with E-state index in [0.29, 0.717) is 23.0 Å². The molecule has 0 aliphatic carbocycles. The molecule has 1 N–H and O–H groups in total. The van der Waals surface area contributed by atoms with E-state index in [1.54, 1.807) is 36.4 Å². The normalized spacial score (nSPS) is 11.6. The predicted octanol–water partition coefficient (Wildman–Crippen LogP) is 5.63. The summed E-state index contributed by atoms with van der Waals surface area (Å²) in [6.45, 7) is 3.87. The predicted molar refractivity (Wildman–Crippen MR) is 136 cm³/mol. The number of carbonyl (C=O) groups excluding carboxylic acids is 2. The number of amides is 1. The smallest absolute Gasteiger partial charge is 0.408 e. The third kappa shape index (κ3) is 5.99. The highest BCUT2D eigenvalue weighted by Gasteiger charge is 2.27. The van der Waals surface area contributed by atoms with Gasteiger partial charge in [-0.05, 0) is 47.7 Å². The maximum Gasteiger partial charge on any atom is 0.408 e. The summed E-state index contributed by atoms with van der Waals surface area (Å²) >= 11 is 0. The fraction of sp³-hybridized carbons (Fsp3) is 0.207. The van der Waals surface area contributed by atoms with Crippen molar-refractivity contribution in [3.8, 4) is 5.75 Å². The van der Waals surface area contributed by atoms with E-state index < -0.39 is 23.7 Å². The molecule has 0 saturated heterocycles. The minimum absolute atomic E-state index is 0.0607. The molecular formula is C29H27NO6. The van der Waals surface area contributed by atoms with Crippen molar-refractivity contribution in [3.05, 3.63) is 112 Å². The molecule has 0 aliphatic rings. The molecule has 0 saturated carbocycles. The van der Waals surface area contributed by atoms with Crippen LogP contribution in [0.1, 0.15) is 41.6 Å². The average molecular weight is 486 g/mol. The Kier molecular flexibility index (Phi) is 7.80. The lowest BCUT2D eigenvalue weighted by molar-refractivity contribution is -0.136. The first-order valence-electron chi connectivity index (χ1n) is 11.8. The van der Waals surface area contributed by atoms with Gasteiger partial charge in [-0.2, -0.15) is 0 Å². The van der Waals surface area contributed by atoms with Crippen LogP contribution in [0.3, 0.4) is 0 Å². The Hall–Kier alpha value is -4.39. The number of ether oxygens (including phenoxy) is 2. The van der Waals surface area contributed by atoms with E-state index in [0.717, 1.165) is 23.1 Å². The largest absolute Gasteiger partial charge is 0.445 e. The summed E-state index contributed by atoms with van der Waals surface area (Å²) in [5, 5.41) is 3.19. The Morgan fingerprint density at radius 1 is 0.972 bits per heavy atom. The molecule has 7 nitrogen and oxygen atoms in total. The summed E-state index contributed by atoms with van der Waals surface area (Å²) in [6.07, 6.45) is 0.653. The molecule has 184 valence electrons. The van der Waals surface area contributed by atoms with E-state index in [1.165, 1.54) is 6.07 Å². The second-order valence-corrected chi connectivity index (χ2v) is 8.45. The third-order valence-corrected chi connectivity index (χ3v) is 5.61. The number of nitrogens with one attached hydrogen (secondary N) is 1. The summed E-state index contributed by atoms with van der Waals surface area (Å²) in [5.74, 6) is -0.430. The molecule has 1 heterocycles. The van der Waals surface area contributed by atoms with Gasteiger partial charge < -0.3 is 19.2 Å². The lowest BCUT2D eigenvalue weighted by Gasteiger charge is -2.19. The van der Waals surface area contributed by atoms with Crippen molar-refractivity contribution in [2.45, 2.75) is 39.3 Å². The highest BCUT2D eigenvalue weighted by Crippen LogP contribution is 2.32. The molecule has 0 aliphatic heterocycles. The summed E-state index contributed by atoms with van der Waals surface area (Å²) in [7, 11) is 0. The zero-order valence-electron chi connectivity index (χ0n) is 20.2. The molecule has 1 aromatic heterocycles. The highest BCUT2D eigenvalue weighted by atomic mass is 16.6. The molecule has 0 fully saturated rings. The summed E-state index contributed by atoms with van der Waals surface area (Å²) in [4.78, 5) is 38.1. The van der Waals surface area contributed by atoms with E-state index in [2.05, 4.69) is 5.32 Å². The number of carbonyl (C=O) groups is 2. The molecule has 4 rings (SSSR count). The van der Waals surface area contributed by atoms with Gasteiger partial charge in [0.15, 0.2) is 6.04 Å². The lowest BCUT2D eigenvalue weighted by Crippen LogP contribution is -2.36. The van der Waals surface area contributed by atoms with Gasteiger partial charge >= 0.3 is 17.7 Å². The van der Waals surface area contributed by atoms with Crippen molar-refractivity contribution in [1.29, 1.82) is 0 Å². The second-order valence-electron chi connectivity index (χ2n) is 8.45. The Bertz CT molecular complexity index is 1410. The number of rotatable bonds is 8. The van der Waals surface area contributed by atoms with E-state index >= 15 is 0 Å². The van der Waals surface area contributed by atoms with Crippen molar-refractivity contribution in [1.82, 2.24) is 5.32 Å². The SMILES string of the molecule is CCCc1cc(=O)oc2cc(C)cc(OC(=O)C(NC(=O)OCc3ccccc3)c3ccccc3)c12. The van der Waals surface area contributed by atoms with Gasteiger partial charge in [-0.3, -0.25) is 0 Å². The van der Waals surface area contributed by atoms with Gasteiger partial charge in [0.2, 0.25) is 0 Å². The first-order chi connectivity index (χ1) is 17.4. The molecule has 1 atom stereocenters. The van der Waals surface area contributed by atoms with E-state index in [1.807, 2.05) is 50.2 Å². The van der Waals surface area contributed by atoms with Crippen LogP contribution < -0.4 is 15.7 Å². The monoisotopic (exact) mass is 485 g/mol. The molecule has 36 heavy (non-hydrogen) atoms. The summed E-state index contributed by atoms with van der Waals surface area (Å²) in [5.41, 5.74) is 2.74. The number of aryl methyl sites for hydroxylation is 2. The zero-order valence-corrected chi connectivity index (χ0v) is 20.2. The van der Waals surface area contributed by atoms with Crippen molar-refractivity contribution in [2.24, 2.45) is 0 Å². The van der Waals surface area contributed by atoms with Gasteiger partial charge in [-0.1, -0.05) is 74.0 Å². The molecule has 0 spiro atoms. The second kappa shape index (κ2) is 11.4. The fourth-order valence-corrected chi connectivity index (χ4v) is 3.99. The third-order valence-electron chi connectivity index (χ3n) is 5.61. The molecular weight excluding hydrogens is 458 g/mol. The Morgan fingerprint density at radius 3 is 2.36 bits per heavy atom. The number of esters is 1. The van der Waals surface area contributed by atoms with Crippen LogP contribution in [0.4, 0.5) is 4.79 Å². The average Bonchev–Trinajstić information content (AvgIpc) is 2.86. The van der Waals surface area contributed by atoms with Crippen LogP contribution in [0.15, 0.2) is 88.1 Å². The van der Waals surface area contributed by atoms with Crippen LogP contribution >= 0.6 is 0 Å². The Balaban J connectivity index is 1.62. The van der Waals surface area contributed by atoms with Crippen LogP contribution in [0.25, 0.3) is 11.0 Å². The van der Waals surface area contributed by atoms with Crippen LogP contribution in [-0.2, 0) is 22.6 Å². The molecule has 4 aromatic rings. The van der Waals surface area contributed by atoms with E-state index in [-0.39, 0.29) is 12.4 Å². The number of alkyl carbamates (subject to hydrolysis) is 1. The Morgan fingerprint density at radius 2 is 1.67 bits per heavy atom. The van der Waals surface area contributed by atoms with E-state index in [9.17, 15) is 14.4 Å². The summed E-state index contributed by atoms with van der Waals surface area (Å²) < 4.78 is 16.6. The van der Waals surface area contributed by atoms with Crippen LogP contribution in [0, 0.1) is 6.92 Å². The minimum atomic E-state index is -1.12. The van der Waals surface area contributed by atoms with Crippen molar-refractivity contribution in [3.63, 3.8) is 0 Å². The summed E-state index contributed by atoms with van der Waals surface area (Å²) in [6, 6.07) is 21.8. The maximum atomic E-state index is 13.4. The topological polar surface area (TPSA) is 94.8 Å². The van der Waals surface area contributed by atoms with Gasteiger partial charge in [-0.15, -0.1) is 0 Å². The van der Waals surface area contributed by atoms with Crippen molar-refractivity contribution < 1.29 is 23.5 Å². The standard InChI is InChI=1S/C29H27NO6/c1-3-10-22-17-25(31)35-23-15-19(2)16-24(26(22)23)36-28(32)27(21-13-8-5-9-14-21)30-29(33)34-18-20-11-6-4-7-12-20/h4-9,11-17,27H,3,10,18H2,1-2H3,(H,30,33). The number of fused-ring (bicyclic) bond motifs is 1. The number of hydrogen-bond acceptors (Lipinski definition) is 6. The first-order valence-corrected chi connectivity index (χ1v) is 11.8. The van der Waals surface area contributed by atoms with Gasteiger partial charge in [0, 0.05) is 6.07 Å². The zero-order chi connectivity index (χ0) is 25.5. The molecule has 1 amide bonds. The van der Waals surface area contributed by atoms with Crippen LogP contribution in [0.2, 0.25) is 0 Å². The van der Waals surface area contributed by atoms with Crippen molar-refractivity contribution >= 4 is 23.0 Å². The molecule has 0 radical (unpaired) electrons. The molecule has 0 bridgehead atoms. The quantitative estimate of drug-likeness (QED) is 0.198. The lowest BCUT2D eigenvalue weighted by atomic mass is 10.0. The van der Waals surface area contributed by atoms with Gasteiger partial charge in [-0.25, -0.2) is 14.4 Å². The molecule has 1 unspecified atom stereocenters. The highest BCUT2D eigenvalue weighted by molar-refractivity contribution is 5.92. The van der Waals surface area contributed by atoms with Crippen LogP contribution in [0.5, 0.6) is 5.75 Å². The van der Waals surface area contributed by atoms with E-state index in [4.69, 9.17) is 13.9 Å². The van der Waals surface area contributed by atoms with Crippen LogP contribution in [-0.4, -0.2) is 12.1 Å². The van der Waals surface area contributed by atoms with Gasteiger partial charge in [0.1, 0.15) is 17.9 Å². The fourth-order valence-electron chi connectivity index (χ4n) is 3.99. The Labute approximate surface area is 208 Å². The van der Waals surface area contributed by atoms with Gasteiger partial charge in [0.05, 0.1) is 5.39 Å². The maximum absolute atomic E-state index is 13.4. The van der Waals surface area contributed by atoms with Crippen molar-refractivity contribution in [2.75, 3.05) is 0 Å². The van der Waals surface area contributed by atoms with Gasteiger partial charge in [0.25, 0.3) is 0 Å². The molecule has 3 aromatic carbocycles. The first kappa shape index (κ1) is 24.7. The molecule has 7 heteroatoms. The number of hydrogen-bond donors (Lipinski definition) is 1.